The van der Waals surface area contributed by atoms with Crippen molar-refractivity contribution >= 4 is 34.4 Å². The molecule has 1 amide bonds. The topological polar surface area (TPSA) is 57.8 Å². The maximum atomic E-state index is 12.5. The summed E-state index contributed by atoms with van der Waals surface area (Å²) >= 11 is 1.78. The Morgan fingerprint density at radius 2 is 1.68 bits per heavy atom. The number of imidazole rings is 1. The predicted octanol–water partition coefficient (Wildman–Crippen LogP) is 5.98. The molecule has 1 aromatic heterocycles. The number of nitrogens with one attached hydrogen (secondary N) is 2. The van der Waals surface area contributed by atoms with Crippen molar-refractivity contribution in [3.63, 3.8) is 0 Å². The van der Waals surface area contributed by atoms with Gasteiger partial charge in [-0.25, -0.2) is 4.98 Å². The zero-order valence-corrected chi connectivity index (χ0v) is 16.6. The van der Waals surface area contributed by atoms with Gasteiger partial charge in [0.25, 0.3) is 5.91 Å². The average molecular weight is 388 g/mol. The minimum absolute atomic E-state index is 0.113. The number of anilines is 1. The van der Waals surface area contributed by atoms with Crippen LogP contribution in [0.2, 0.25) is 0 Å². The Kier molecular flexibility index (Phi) is 5.17. The molecule has 28 heavy (non-hydrogen) atoms. The van der Waals surface area contributed by atoms with Gasteiger partial charge < -0.3 is 10.3 Å². The van der Waals surface area contributed by atoms with Gasteiger partial charge in [0.1, 0.15) is 5.82 Å². The lowest BCUT2D eigenvalue weighted by molar-refractivity contribution is 0.102. The standard InChI is InChI=1S/C23H21N3OS/c1-15(2)28-19-13-9-17(10-14-19)23(27)24-18-11-7-16(8-12-18)22-25-20-5-3-4-6-21(20)26-22/h3-15H,1-2H3,(H,24,27)(H,25,26). The molecule has 2 N–H and O–H groups in total. The molecule has 5 heteroatoms. The third-order valence-electron chi connectivity index (χ3n) is 4.29. The summed E-state index contributed by atoms with van der Waals surface area (Å²) in [6.07, 6.45) is 0. The summed E-state index contributed by atoms with van der Waals surface area (Å²) < 4.78 is 0. The van der Waals surface area contributed by atoms with Gasteiger partial charge in [-0.2, -0.15) is 0 Å². The van der Waals surface area contributed by atoms with Crippen molar-refractivity contribution in [1.82, 2.24) is 9.97 Å². The average Bonchev–Trinajstić information content (AvgIpc) is 3.13. The highest BCUT2D eigenvalue weighted by Crippen LogP contribution is 2.24. The summed E-state index contributed by atoms with van der Waals surface area (Å²) in [6.45, 7) is 4.31. The molecule has 0 aliphatic rings. The van der Waals surface area contributed by atoms with Gasteiger partial charge in [-0.15, -0.1) is 11.8 Å². The monoisotopic (exact) mass is 387 g/mol. The summed E-state index contributed by atoms with van der Waals surface area (Å²) in [5, 5.41) is 3.47. The second-order valence-electron chi connectivity index (χ2n) is 6.83. The molecule has 1 heterocycles. The van der Waals surface area contributed by atoms with Gasteiger partial charge in [-0.3, -0.25) is 4.79 Å². The van der Waals surface area contributed by atoms with E-state index in [-0.39, 0.29) is 5.91 Å². The van der Waals surface area contributed by atoms with Crippen LogP contribution in [-0.2, 0) is 0 Å². The first-order chi connectivity index (χ1) is 13.6. The van der Waals surface area contributed by atoms with Crippen LogP contribution in [0.25, 0.3) is 22.4 Å². The van der Waals surface area contributed by atoms with Gasteiger partial charge >= 0.3 is 0 Å². The number of aromatic amines is 1. The molecular weight excluding hydrogens is 366 g/mol. The number of fused-ring (bicyclic) bond motifs is 1. The lowest BCUT2D eigenvalue weighted by Crippen LogP contribution is -2.11. The van der Waals surface area contributed by atoms with Crippen LogP contribution in [0.3, 0.4) is 0 Å². The summed E-state index contributed by atoms with van der Waals surface area (Å²) in [4.78, 5) is 21.6. The molecule has 0 spiro atoms. The number of hydrogen-bond acceptors (Lipinski definition) is 3. The number of thioether (sulfide) groups is 1. The van der Waals surface area contributed by atoms with Gasteiger partial charge in [0.2, 0.25) is 0 Å². The molecule has 0 aliphatic heterocycles. The van der Waals surface area contributed by atoms with Gasteiger partial charge in [-0.1, -0.05) is 26.0 Å². The zero-order valence-electron chi connectivity index (χ0n) is 15.8. The number of hydrogen-bond donors (Lipinski definition) is 2. The van der Waals surface area contributed by atoms with Gasteiger partial charge in [0.05, 0.1) is 11.0 Å². The van der Waals surface area contributed by atoms with E-state index < -0.39 is 0 Å². The number of aromatic nitrogens is 2. The Morgan fingerprint density at radius 3 is 2.36 bits per heavy atom. The summed E-state index contributed by atoms with van der Waals surface area (Å²) in [5.74, 6) is 0.704. The normalized spacial score (nSPS) is 11.1. The van der Waals surface area contributed by atoms with Gasteiger partial charge in [-0.05, 0) is 60.7 Å². The van der Waals surface area contributed by atoms with E-state index in [4.69, 9.17) is 0 Å². The van der Waals surface area contributed by atoms with Crippen molar-refractivity contribution in [2.75, 3.05) is 5.32 Å². The summed E-state index contributed by atoms with van der Waals surface area (Å²) in [6, 6.07) is 23.3. The Morgan fingerprint density at radius 1 is 0.964 bits per heavy atom. The van der Waals surface area contributed by atoms with Crippen LogP contribution in [0.1, 0.15) is 24.2 Å². The third-order valence-corrected chi connectivity index (χ3v) is 5.31. The molecule has 0 atom stereocenters. The number of carbonyl (C=O) groups excluding carboxylic acids is 1. The van der Waals surface area contributed by atoms with Crippen LogP contribution in [0.15, 0.2) is 77.7 Å². The lowest BCUT2D eigenvalue weighted by atomic mass is 10.1. The van der Waals surface area contributed by atoms with Crippen molar-refractivity contribution in [1.29, 1.82) is 0 Å². The van der Waals surface area contributed by atoms with Crippen LogP contribution in [0.4, 0.5) is 5.69 Å². The zero-order chi connectivity index (χ0) is 19.5. The van der Waals surface area contributed by atoms with Crippen LogP contribution in [-0.4, -0.2) is 21.1 Å². The number of nitrogens with zero attached hydrogens (tertiary/aromatic N) is 1. The second kappa shape index (κ2) is 7.90. The highest BCUT2D eigenvalue weighted by molar-refractivity contribution is 7.99. The molecule has 4 nitrogen and oxygen atoms in total. The fraction of sp³-hybridized carbons (Fsp3) is 0.130. The number of rotatable bonds is 5. The lowest BCUT2D eigenvalue weighted by Gasteiger charge is -2.08. The maximum Gasteiger partial charge on any atom is 0.255 e. The molecule has 0 saturated carbocycles. The molecule has 0 fully saturated rings. The van der Waals surface area contributed by atoms with E-state index in [1.165, 1.54) is 4.90 Å². The van der Waals surface area contributed by atoms with E-state index >= 15 is 0 Å². The van der Waals surface area contributed by atoms with E-state index in [0.717, 1.165) is 28.1 Å². The fourth-order valence-electron chi connectivity index (χ4n) is 2.96. The van der Waals surface area contributed by atoms with Crippen molar-refractivity contribution in [3.05, 3.63) is 78.4 Å². The molecule has 4 rings (SSSR count). The summed E-state index contributed by atoms with van der Waals surface area (Å²) in [5.41, 5.74) is 4.33. The molecule has 0 bridgehead atoms. The van der Waals surface area contributed by atoms with Crippen LogP contribution >= 0.6 is 11.8 Å². The molecule has 3 aromatic carbocycles. The van der Waals surface area contributed by atoms with E-state index in [1.54, 1.807) is 11.8 Å². The van der Waals surface area contributed by atoms with Crippen molar-refractivity contribution in [2.24, 2.45) is 0 Å². The Hall–Kier alpha value is -3.05. The highest BCUT2D eigenvalue weighted by Gasteiger charge is 2.08. The van der Waals surface area contributed by atoms with E-state index in [9.17, 15) is 4.79 Å². The molecule has 0 aliphatic carbocycles. The number of carbonyl (C=O) groups is 1. The Labute approximate surface area is 168 Å². The van der Waals surface area contributed by atoms with Gasteiger partial charge in [0, 0.05) is 27.0 Å². The predicted molar refractivity (Wildman–Crippen MR) is 117 cm³/mol. The van der Waals surface area contributed by atoms with Crippen molar-refractivity contribution in [3.8, 4) is 11.4 Å². The number of amides is 1. The maximum absolute atomic E-state index is 12.5. The molecule has 140 valence electrons. The van der Waals surface area contributed by atoms with Crippen LogP contribution in [0, 0.1) is 0 Å². The van der Waals surface area contributed by atoms with Gasteiger partial charge in [0.15, 0.2) is 0 Å². The van der Waals surface area contributed by atoms with E-state index in [0.29, 0.717) is 10.8 Å². The highest BCUT2D eigenvalue weighted by atomic mass is 32.2. The molecule has 4 aromatic rings. The minimum atomic E-state index is -0.113. The van der Waals surface area contributed by atoms with E-state index in [1.807, 2.05) is 72.8 Å². The molecule has 0 radical (unpaired) electrons. The quantitative estimate of drug-likeness (QED) is 0.414. The first-order valence-electron chi connectivity index (χ1n) is 9.22. The van der Waals surface area contributed by atoms with Crippen molar-refractivity contribution < 1.29 is 4.79 Å². The molecule has 0 unspecified atom stereocenters. The first-order valence-corrected chi connectivity index (χ1v) is 10.1. The number of benzene rings is 3. The molecule has 0 saturated heterocycles. The SMILES string of the molecule is CC(C)Sc1ccc(C(=O)Nc2ccc(-c3nc4ccccc4[nH]3)cc2)cc1. The number of H-pyrrole nitrogens is 1. The summed E-state index contributed by atoms with van der Waals surface area (Å²) in [7, 11) is 0. The minimum Gasteiger partial charge on any atom is -0.338 e. The van der Waals surface area contributed by atoms with Crippen LogP contribution in [0.5, 0.6) is 0 Å². The third kappa shape index (κ3) is 4.10. The number of para-hydroxylation sites is 2. The first kappa shape index (κ1) is 18.3. The largest absolute Gasteiger partial charge is 0.338 e. The fourth-order valence-corrected chi connectivity index (χ4v) is 3.80. The van der Waals surface area contributed by atoms with Crippen LogP contribution < -0.4 is 5.32 Å². The Balaban J connectivity index is 1.46. The van der Waals surface area contributed by atoms with Crippen molar-refractivity contribution in [2.45, 2.75) is 24.0 Å². The second-order valence-corrected chi connectivity index (χ2v) is 8.47. The smallest absolute Gasteiger partial charge is 0.255 e. The molecular formula is C23H21N3OS. The Bertz CT molecular complexity index is 1070. The van der Waals surface area contributed by atoms with E-state index in [2.05, 4.69) is 29.1 Å².